The molecule has 0 radical (unpaired) electrons. The molecule has 0 aromatic heterocycles. The summed E-state index contributed by atoms with van der Waals surface area (Å²) in [7, 11) is 0. The summed E-state index contributed by atoms with van der Waals surface area (Å²) in [6.07, 6.45) is 4.96. The molecular formula is C16H22BrFO2. The Hall–Kier alpha value is -0.450. The highest BCUT2D eigenvalue weighted by Gasteiger charge is 2.39. The molecule has 1 atom stereocenters. The molecule has 2 rings (SSSR count). The van der Waals surface area contributed by atoms with Gasteiger partial charge in [0.15, 0.2) is 0 Å². The van der Waals surface area contributed by atoms with E-state index >= 15 is 0 Å². The number of rotatable bonds is 5. The Kier molecular flexibility index (Phi) is 5.58. The number of halogens is 2. The van der Waals surface area contributed by atoms with Crippen molar-refractivity contribution in [3.8, 4) is 0 Å². The molecule has 1 unspecified atom stereocenters. The van der Waals surface area contributed by atoms with Gasteiger partial charge in [-0.15, -0.1) is 0 Å². The van der Waals surface area contributed by atoms with Crippen LogP contribution >= 0.6 is 15.9 Å². The second-order valence-corrected chi connectivity index (χ2v) is 6.28. The van der Waals surface area contributed by atoms with Gasteiger partial charge in [0.1, 0.15) is 5.82 Å². The Labute approximate surface area is 128 Å². The van der Waals surface area contributed by atoms with Crippen LogP contribution in [0.4, 0.5) is 4.39 Å². The van der Waals surface area contributed by atoms with Crippen molar-refractivity contribution in [2.45, 2.75) is 57.2 Å². The molecule has 112 valence electrons. The summed E-state index contributed by atoms with van der Waals surface area (Å²) in [5.74, 6) is -0.288. The molecule has 1 aliphatic rings. The average molecular weight is 345 g/mol. The van der Waals surface area contributed by atoms with Crippen molar-refractivity contribution in [1.29, 1.82) is 0 Å². The molecule has 0 aliphatic heterocycles. The lowest BCUT2D eigenvalue weighted by Gasteiger charge is -2.41. The van der Waals surface area contributed by atoms with Crippen LogP contribution in [0.15, 0.2) is 22.7 Å². The van der Waals surface area contributed by atoms with E-state index in [-0.39, 0.29) is 5.82 Å². The van der Waals surface area contributed by atoms with Crippen LogP contribution < -0.4 is 0 Å². The van der Waals surface area contributed by atoms with Gasteiger partial charge in [0.2, 0.25) is 0 Å². The topological polar surface area (TPSA) is 29.5 Å². The first-order chi connectivity index (χ1) is 9.59. The number of aliphatic hydroxyl groups is 1. The molecule has 4 heteroatoms. The average Bonchev–Trinajstić information content (AvgIpc) is 2.45. The molecule has 1 fully saturated rings. The van der Waals surface area contributed by atoms with Crippen LogP contribution in [0.5, 0.6) is 0 Å². The third kappa shape index (κ3) is 3.41. The van der Waals surface area contributed by atoms with E-state index in [0.29, 0.717) is 17.5 Å². The summed E-state index contributed by atoms with van der Waals surface area (Å²) in [5, 5.41) is 10.7. The van der Waals surface area contributed by atoms with Crippen LogP contribution in [-0.4, -0.2) is 23.4 Å². The molecule has 1 N–H and O–H groups in total. The van der Waals surface area contributed by atoms with Crippen molar-refractivity contribution in [1.82, 2.24) is 0 Å². The highest BCUT2D eigenvalue weighted by Crippen LogP contribution is 2.36. The molecule has 1 saturated carbocycles. The van der Waals surface area contributed by atoms with Gasteiger partial charge in [-0.05, 0) is 47.3 Å². The molecule has 0 heterocycles. The highest BCUT2D eigenvalue weighted by atomic mass is 79.9. The first-order valence-electron chi connectivity index (χ1n) is 7.34. The van der Waals surface area contributed by atoms with E-state index in [1.54, 1.807) is 6.07 Å². The molecule has 0 spiro atoms. The van der Waals surface area contributed by atoms with E-state index in [1.165, 1.54) is 12.5 Å². The Morgan fingerprint density at radius 3 is 2.70 bits per heavy atom. The normalized spacial score (nSPS) is 19.8. The Balaban J connectivity index is 2.15. The third-order valence-corrected chi connectivity index (χ3v) is 5.07. The number of hydrogen-bond donors (Lipinski definition) is 1. The second-order valence-electron chi connectivity index (χ2n) is 5.49. The predicted molar refractivity (Wildman–Crippen MR) is 81.3 cm³/mol. The van der Waals surface area contributed by atoms with Gasteiger partial charge in [-0.3, -0.25) is 0 Å². The molecule has 0 saturated heterocycles. The van der Waals surface area contributed by atoms with Crippen LogP contribution in [-0.2, 0) is 11.2 Å². The number of benzene rings is 1. The van der Waals surface area contributed by atoms with E-state index in [0.717, 1.165) is 31.2 Å². The van der Waals surface area contributed by atoms with Crippen molar-refractivity contribution in [3.63, 3.8) is 0 Å². The maximum Gasteiger partial charge on any atom is 0.137 e. The lowest BCUT2D eigenvalue weighted by molar-refractivity contribution is -0.138. The zero-order valence-corrected chi connectivity index (χ0v) is 13.5. The summed E-state index contributed by atoms with van der Waals surface area (Å²) in [4.78, 5) is 0. The van der Waals surface area contributed by atoms with Crippen molar-refractivity contribution >= 4 is 15.9 Å². The molecule has 1 aromatic carbocycles. The van der Waals surface area contributed by atoms with E-state index < -0.39 is 11.7 Å². The predicted octanol–water partition coefficient (Wildman–Crippen LogP) is 4.23. The van der Waals surface area contributed by atoms with Gasteiger partial charge in [-0.25, -0.2) is 4.39 Å². The summed E-state index contributed by atoms with van der Waals surface area (Å²) < 4.78 is 19.9. The summed E-state index contributed by atoms with van der Waals surface area (Å²) >= 11 is 3.26. The van der Waals surface area contributed by atoms with Gasteiger partial charge in [-0.1, -0.05) is 31.4 Å². The zero-order chi connectivity index (χ0) is 14.6. The van der Waals surface area contributed by atoms with E-state index in [1.807, 2.05) is 13.0 Å². The summed E-state index contributed by atoms with van der Waals surface area (Å²) in [6.45, 7) is 2.56. The zero-order valence-electron chi connectivity index (χ0n) is 11.9. The van der Waals surface area contributed by atoms with Crippen molar-refractivity contribution in [3.05, 3.63) is 34.1 Å². The first kappa shape index (κ1) is 15.9. The first-order valence-corrected chi connectivity index (χ1v) is 8.13. The van der Waals surface area contributed by atoms with Crippen LogP contribution in [0.3, 0.4) is 0 Å². The molecular weight excluding hydrogens is 323 g/mol. The molecule has 1 aliphatic carbocycles. The molecule has 2 nitrogen and oxygen atoms in total. The van der Waals surface area contributed by atoms with Gasteiger partial charge in [-0.2, -0.15) is 0 Å². The van der Waals surface area contributed by atoms with E-state index in [4.69, 9.17) is 4.74 Å². The minimum Gasteiger partial charge on any atom is -0.390 e. The van der Waals surface area contributed by atoms with E-state index in [9.17, 15) is 9.50 Å². The molecule has 1 aromatic rings. The largest absolute Gasteiger partial charge is 0.390 e. The monoisotopic (exact) mass is 344 g/mol. The Bertz CT molecular complexity index is 439. The quantitative estimate of drug-likeness (QED) is 0.865. The molecule has 0 amide bonds. The maximum absolute atomic E-state index is 13.6. The number of hydrogen-bond acceptors (Lipinski definition) is 2. The lowest BCUT2D eigenvalue weighted by Crippen LogP contribution is -2.47. The SMILES string of the molecule is CCOC1(C(O)Cc2cccc(F)c2Br)CCCCC1. The van der Waals surface area contributed by atoms with Crippen LogP contribution in [0, 0.1) is 5.82 Å². The van der Waals surface area contributed by atoms with E-state index in [2.05, 4.69) is 15.9 Å². The fraction of sp³-hybridized carbons (Fsp3) is 0.625. The number of ether oxygens (including phenoxy) is 1. The van der Waals surface area contributed by atoms with Crippen LogP contribution in [0.1, 0.15) is 44.6 Å². The smallest absolute Gasteiger partial charge is 0.137 e. The molecule has 20 heavy (non-hydrogen) atoms. The summed E-state index contributed by atoms with van der Waals surface area (Å²) in [6, 6.07) is 4.94. The number of aliphatic hydroxyl groups excluding tert-OH is 1. The fourth-order valence-electron chi connectivity index (χ4n) is 3.11. The minimum atomic E-state index is -0.596. The second kappa shape index (κ2) is 7.01. The van der Waals surface area contributed by atoms with Crippen molar-refractivity contribution < 1.29 is 14.2 Å². The highest BCUT2D eigenvalue weighted by molar-refractivity contribution is 9.10. The van der Waals surface area contributed by atoms with Gasteiger partial charge >= 0.3 is 0 Å². The van der Waals surface area contributed by atoms with Crippen molar-refractivity contribution in [2.24, 2.45) is 0 Å². The van der Waals surface area contributed by atoms with Crippen molar-refractivity contribution in [2.75, 3.05) is 6.61 Å². The fourth-order valence-corrected chi connectivity index (χ4v) is 3.54. The van der Waals surface area contributed by atoms with Gasteiger partial charge < -0.3 is 9.84 Å². The lowest BCUT2D eigenvalue weighted by atomic mass is 9.78. The molecule has 0 bridgehead atoms. The Morgan fingerprint density at radius 2 is 2.05 bits per heavy atom. The standard InChI is InChI=1S/C16H22BrFO2/c1-2-20-16(9-4-3-5-10-16)14(19)11-12-7-6-8-13(18)15(12)17/h6-8,14,19H,2-5,9-11H2,1H3. The Morgan fingerprint density at radius 1 is 1.35 bits per heavy atom. The van der Waals surface area contributed by atoms with Gasteiger partial charge in [0.25, 0.3) is 0 Å². The summed E-state index contributed by atoms with van der Waals surface area (Å²) in [5.41, 5.74) is 0.334. The third-order valence-electron chi connectivity index (χ3n) is 4.18. The van der Waals surface area contributed by atoms with Crippen LogP contribution in [0.25, 0.3) is 0 Å². The van der Waals surface area contributed by atoms with Gasteiger partial charge in [0, 0.05) is 13.0 Å². The minimum absolute atomic E-state index is 0.288. The maximum atomic E-state index is 13.6. The van der Waals surface area contributed by atoms with Gasteiger partial charge in [0.05, 0.1) is 16.2 Å². The van der Waals surface area contributed by atoms with Crippen LogP contribution in [0.2, 0.25) is 0 Å².